The summed E-state index contributed by atoms with van der Waals surface area (Å²) in [6, 6.07) is 18.9. The van der Waals surface area contributed by atoms with Crippen molar-refractivity contribution in [1.29, 1.82) is 0 Å². The first kappa shape index (κ1) is 17.6. The summed E-state index contributed by atoms with van der Waals surface area (Å²) >= 11 is 0. The third-order valence-electron chi connectivity index (χ3n) is 3.14. The van der Waals surface area contributed by atoms with Crippen LogP contribution in [0, 0.1) is 13.8 Å². The van der Waals surface area contributed by atoms with Gasteiger partial charge in [-0.2, -0.15) is 0 Å². The summed E-state index contributed by atoms with van der Waals surface area (Å²) in [6.45, 7) is 7.89. The largest absolute Gasteiger partial charge is 0.508 e. The zero-order valence-electron chi connectivity index (χ0n) is 13.7. The maximum Gasteiger partial charge on any atom is 0.126 e. The zero-order valence-corrected chi connectivity index (χ0v) is 13.7. The van der Waals surface area contributed by atoms with Crippen molar-refractivity contribution >= 4 is 10.8 Å². The van der Waals surface area contributed by atoms with Gasteiger partial charge in [0.25, 0.3) is 0 Å². The van der Waals surface area contributed by atoms with Crippen LogP contribution >= 0.6 is 0 Å². The second kappa shape index (κ2) is 8.73. The molecule has 0 aliphatic rings. The van der Waals surface area contributed by atoms with E-state index >= 15 is 0 Å². The number of aryl methyl sites for hydroxylation is 2. The Morgan fingerprint density at radius 3 is 1.86 bits per heavy atom. The van der Waals surface area contributed by atoms with Crippen LogP contribution in [-0.2, 0) is 0 Å². The molecule has 0 radical (unpaired) electrons. The van der Waals surface area contributed by atoms with Crippen molar-refractivity contribution in [3.63, 3.8) is 0 Å². The monoisotopic (exact) mass is 296 g/mol. The molecule has 2 nitrogen and oxygen atoms in total. The van der Waals surface area contributed by atoms with Gasteiger partial charge in [-0.25, -0.2) is 0 Å². The Kier molecular flexibility index (Phi) is 6.97. The van der Waals surface area contributed by atoms with E-state index in [1.807, 2.05) is 76.2 Å². The molecule has 116 valence electrons. The van der Waals surface area contributed by atoms with Crippen molar-refractivity contribution in [2.45, 2.75) is 27.7 Å². The predicted molar refractivity (Wildman–Crippen MR) is 94.5 cm³/mol. The lowest BCUT2D eigenvalue weighted by Crippen LogP contribution is -1.77. The van der Waals surface area contributed by atoms with Gasteiger partial charge in [-0.15, -0.1) is 0 Å². The Bertz CT molecular complexity index is 679. The van der Waals surface area contributed by atoms with E-state index in [2.05, 4.69) is 0 Å². The first-order valence-electron chi connectivity index (χ1n) is 7.51. The van der Waals surface area contributed by atoms with Crippen molar-refractivity contribution < 1.29 is 10.2 Å². The number of rotatable bonds is 0. The molecular formula is C20H24O2. The average molecular weight is 296 g/mol. The van der Waals surface area contributed by atoms with Crippen molar-refractivity contribution in [2.24, 2.45) is 0 Å². The minimum absolute atomic E-state index is 0.329. The molecule has 3 aromatic carbocycles. The molecule has 0 unspecified atom stereocenters. The van der Waals surface area contributed by atoms with E-state index in [0.717, 1.165) is 16.3 Å². The van der Waals surface area contributed by atoms with Crippen molar-refractivity contribution in [3.05, 3.63) is 71.8 Å². The molecule has 2 heteroatoms. The molecule has 3 rings (SSSR count). The first-order valence-corrected chi connectivity index (χ1v) is 7.51. The van der Waals surface area contributed by atoms with Crippen LogP contribution in [-0.4, -0.2) is 10.2 Å². The molecular weight excluding hydrogens is 272 g/mol. The van der Waals surface area contributed by atoms with Gasteiger partial charge in [0, 0.05) is 5.39 Å². The highest BCUT2D eigenvalue weighted by molar-refractivity contribution is 5.89. The Labute approximate surface area is 132 Å². The molecule has 22 heavy (non-hydrogen) atoms. The van der Waals surface area contributed by atoms with E-state index in [0.29, 0.717) is 11.5 Å². The molecule has 0 saturated heterocycles. The summed E-state index contributed by atoms with van der Waals surface area (Å²) in [5.41, 5.74) is 2.09. The number of phenolic OH excluding ortho intramolecular Hbond substituents is 2. The maximum atomic E-state index is 9.66. The fourth-order valence-electron chi connectivity index (χ4n) is 1.91. The van der Waals surface area contributed by atoms with Crippen molar-refractivity contribution in [1.82, 2.24) is 0 Å². The van der Waals surface area contributed by atoms with Gasteiger partial charge in [0.15, 0.2) is 0 Å². The predicted octanol–water partition coefficient (Wildman–Crippen LogP) is 5.58. The molecule has 0 heterocycles. The lowest BCUT2D eigenvalue weighted by molar-refractivity contribution is 0.475. The summed E-state index contributed by atoms with van der Waals surface area (Å²) in [5, 5.41) is 20.4. The molecule has 0 aliphatic heterocycles. The Hall–Kier alpha value is -2.48. The SMILES string of the molecule is CC.Cc1ccc(O)cc1.Cc1ccc2ccccc2c1O. The second-order valence-electron chi connectivity index (χ2n) is 4.79. The fraction of sp³-hybridized carbons (Fsp3) is 0.200. The topological polar surface area (TPSA) is 40.5 Å². The summed E-state index contributed by atoms with van der Waals surface area (Å²) in [7, 11) is 0. The molecule has 0 amide bonds. The summed E-state index contributed by atoms with van der Waals surface area (Å²) in [5.74, 6) is 0.726. The lowest BCUT2D eigenvalue weighted by atomic mass is 10.1. The molecule has 0 bridgehead atoms. The number of hydrogen-bond donors (Lipinski definition) is 2. The molecule has 0 fully saturated rings. The number of hydrogen-bond acceptors (Lipinski definition) is 2. The van der Waals surface area contributed by atoms with Crippen LogP contribution in [0.25, 0.3) is 10.8 Å². The van der Waals surface area contributed by atoms with E-state index in [4.69, 9.17) is 5.11 Å². The van der Waals surface area contributed by atoms with Crippen LogP contribution in [0.15, 0.2) is 60.7 Å². The Morgan fingerprint density at radius 2 is 1.27 bits per heavy atom. The third-order valence-corrected chi connectivity index (χ3v) is 3.14. The van der Waals surface area contributed by atoms with E-state index in [1.54, 1.807) is 12.1 Å². The number of benzene rings is 3. The zero-order chi connectivity index (χ0) is 16.5. The quantitative estimate of drug-likeness (QED) is 0.568. The van der Waals surface area contributed by atoms with Crippen LogP contribution in [0.4, 0.5) is 0 Å². The molecule has 0 aromatic heterocycles. The minimum atomic E-state index is 0.329. The first-order chi connectivity index (χ1) is 10.6. The van der Waals surface area contributed by atoms with Gasteiger partial charge in [-0.05, 0) is 36.9 Å². The van der Waals surface area contributed by atoms with E-state index in [-0.39, 0.29) is 0 Å². The van der Waals surface area contributed by atoms with Gasteiger partial charge in [-0.1, -0.05) is 67.9 Å². The van der Waals surface area contributed by atoms with Gasteiger partial charge in [0.1, 0.15) is 11.5 Å². The van der Waals surface area contributed by atoms with Crippen LogP contribution < -0.4 is 0 Å². The van der Waals surface area contributed by atoms with Gasteiger partial charge >= 0.3 is 0 Å². The van der Waals surface area contributed by atoms with Gasteiger partial charge < -0.3 is 10.2 Å². The highest BCUT2D eigenvalue weighted by Gasteiger charge is 2.00. The van der Waals surface area contributed by atoms with Crippen LogP contribution in [0.3, 0.4) is 0 Å². The highest BCUT2D eigenvalue weighted by Crippen LogP contribution is 2.27. The van der Waals surface area contributed by atoms with Gasteiger partial charge in [-0.3, -0.25) is 0 Å². The van der Waals surface area contributed by atoms with E-state index in [9.17, 15) is 5.11 Å². The van der Waals surface area contributed by atoms with E-state index in [1.165, 1.54) is 5.56 Å². The molecule has 0 atom stereocenters. The molecule has 0 saturated carbocycles. The highest BCUT2D eigenvalue weighted by atomic mass is 16.3. The molecule has 0 spiro atoms. The van der Waals surface area contributed by atoms with Crippen LogP contribution in [0.1, 0.15) is 25.0 Å². The van der Waals surface area contributed by atoms with Gasteiger partial charge in [0.2, 0.25) is 0 Å². The Balaban J connectivity index is 0.000000211. The molecule has 0 aliphatic carbocycles. The van der Waals surface area contributed by atoms with Crippen LogP contribution in [0.2, 0.25) is 0 Å². The van der Waals surface area contributed by atoms with Crippen molar-refractivity contribution in [3.8, 4) is 11.5 Å². The fourth-order valence-corrected chi connectivity index (χ4v) is 1.91. The standard InChI is InChI=1S/C11H10O.C7H8O.C2H6/c1-8-6-7-9-4-2-3-5-10(9)11(8)12;1-6-2-4-7(8)5-3-6;1-2/h2-7,12H,1H3;2-5,8H,1H3;1-2H3. The van der Waals surface area contributed by atoms with Crippen LogP contribution in [0.5, 0.6) is 11.5 Å². The number of phenols is 2. The third kappa shape index (κ3) is 4.81. The molecule has 3 aromatic rings. The number of fused-ring (bicyclic) bond motifs is 1. The van der Waals surface area contributed by atoms with Gasteiger partial charge in [0.05, 0.1) is 0 Å². The van der Waals surface area contributed by atoms with Crippen molar-refractivity contribution in [2.75, 3.05) is 0 Å². The smallest absolute Gasteiger partial charge is 0.126 e. The average Bonchev–Trinajstić information content (AvgIpc) is 2.57. The summed E-state index contributed by atoms with van der Waals surface area (Å²) < 4.78 is 0. The lowest BCUT2D eigenvalue weighted by Gasteiger charge is -2.02. The summed E-state index contributed by atoms with van der Waals surface area (Å²) in [4.78, 5) is 0. The minimum Gasteiger partial charge on any atom is -0.508 e. The number of aromatic hydroxyl groups is 2. The maximum absolute atomic E-state index is 9.66. The normalized spacial score (nSPS) is 9.27. The summed E-state index contributed by atoms with van der Waals surface area (Å²) in [6.07, 6.45) is 0. The second-order valence-corrected chi connectivity index (χ2v) is 4.79. The van der Waals surface area contributed by atoms with E-state index < -0.39 is 0 Å². The Morgan fingerprint density at radius 1 is 0.682 bits per heavy atom. The molecule has 2 N–H and O–H groups in total.